The molecule has 3 rings (SSSR count). The van der Waals surface area contributed by atoms with Crippen molar-refractivity contribution in [3.8, 4) is 11.4 Å². The highest BCUT2D eigenvalue weighted by Crippen LogP contribution is 2.25. The second-order valence-corrected chi connectivity index (χ2v) is 6.77. The van der Waals surface area contributed by atoms with Crippen LogP contribution in [0.1, 0.15) is 45.0 Å². The molecule has 0 spiro atoms. The Balaban J connectivity index is 1.77. The Hall–Kier alpha value is -2.37. The van der Waals surface area contributed by atoms with Crippen molar-refractivity contribution >= 4 is 11.9 Å². The van der Waals surface area contributed by atoms with E-state index in [-0.39, 0.29) is 0 Å². The van der Waals surface area contributed by atoms with Gasteiger partial charge in [-0.2, -0.15) is 0 Å². The second kappa shape index (κ2) is 6.02. The van der Waals surface area contributed by atoms with Gasteiger partial charge in [0.2, 0.25) is 0 Å². The number of carbonyl (C=O) groups is 1. The Morgan fingerprint density at radius 1 is 1.30 bits per heavy atom. The number of hydrogen-bond donors (Lipinski definition) is 2. The zero-order valence-electron chi connectivity index (χ0n) is 13.8. The fourth-order valence-corrected chi connectivity index (χ4v) is 2.64. The number of fused-ring (bicyclic) bond motifs is 1. The number of aromatic amines is 1. The Labute approximate surface area is 135 Å². The third-order valence-electron chi connectivity index (χ3n) is 3.62. The lowest BCUT2D eigenvalue weighted by atomic mass is 10.0. The molecule has 0 bridgehead atoms. The van der Waals surface area contributed by atoms with Crippen molar-refractivity contribution in [3.63, 3.8) is 0 Å². The van der Waals surface area contributed by atoms with E-state index in [1.54, 1.807) is 12.3 Å². The zero-order valence-corrected chi connectivity index (χ0v) is 13.8. The molecule has 0 aliphatic heterocycles. The highest BCUT2D eigenvalue weighted by Gasteiger charge is 2.18. The predicted octanol–water partition coefficient (Wildman–Crippen LogP) is 3.70. The molecule has 0 unspecified atom stereocenters. The molecule has 1 aliphatic carbocycles. The van der Waals surface area contributed by atoms with Gasteiger partial charge in [-0.3, -0.25) is 5.32 Å². The van der Waals surface area contributed by atoms with Crippen LogP contribution in [0.3, 0.4) is 0 Å². The number of hydrogen-bond acceptors (Lipinski definition) is 4. The van der Waals surface area contributed by atoms with Gasteiger partial charge in [0.05, 0.1) is 5.69 Å². The highest BCUT2D eigenvalue weighted by atomic mass is 16.6. The number of ether oxygens (including phenoxy) is 1. The van der Waals surface area contributed by atoms with Crippen LogP contribution in [-0.2, 0) is 17.6 Å². The number of aromatic nitrogens is 3. The molecule has 6 nitrogen and oxygen atoms in total. The topological polar surface area (TPSA) is 79.9 Å². The van der Waals surface area contributed by atoms with Crippen LogP contribution in [0.15, 0.2) is 18.3 Å². The second-order valence-electron chi connectivity index (χ2n) is 6.77. The smallest absolute Gasteiger partial charge is 0.413 e. The summed E-state index contributed by atoms with van der Waals surface area (Å²) in [5, 5.41) is 2.66. The van der Waals surface area contributed by atoms with Gasteiger partial charge < -0.3 is 9.72 Å². The number of H-pyrrole nitrogens is 1. The molecule has 2 heterocycles. The van der Waals surface area contributed by atoms with Gasteiger partial charge in [0.25, 0.3) is 0 Å². The normalized spacial score (nSPS) is 14.2. The molecule has 2 aromatic heterocycles. The van der Waals surface area contributed by atoms with E-state index in [1.807, 2.05) is 26.8 Å². The molecule has 122 valence electrons. The largest absolute Gasteiger partial charge is 0.444 e. The van der Waals surface area contributed by atoms with Crippen LogP contribution >= 0.6 is 0 Å². The standard InChI is InChI=1S/C17H22N4O2/c1-17(2,3)23-16(22)21-14-10-11(8-9-18-14)15-19-12-6-4-5-7-13(12)20-15/h8-10H,4-7H2,1-3H3,(H,19,20)(H,18,21,22). The van der Waals surface area contributed by atoms with Crippen LogP contribution in [0.5, 0.6) is 0 Å². The maximum absolute atomic E-state index is 11.8. The van der Waals surface area contributed by atoms with Crippen molar-refractivity contribution in [2.75, 3.05) is 5.32 Å². The summed E-state index contributed by atoms with van der Waals surface area (Å²) in [6.07, 6.45) is 5.62. The summed E-state index contributed by atoms with van der Waals surface area (Å²) in [5.41, 5.74) is 2.75. The number of rotatable bonds is 2. The quantitative estimate of drug-likeness (QED) is 0.885. The van der Waals surface area contributed by atoms with Crippen LogP contribution in [0.4, 0.5) is 10.6 Å². The van der Waals surface area contributed by atoms with Gasteiger partial charge in [-0.25, -0.2) is 14.8 Å². The molecule has 1 amide bonds. The third kappa shape index (κ3) is 3.88. The summed E-state index contributed by atoms with van der Waals surface area (Å²) in [5.74, 6) is 1.28. The van der Waals surface area contributed by atoms with Gasteiger partial charge in [-0.15, -0.1) is 0 Å². The summed E-state index contributed by atoms with van der Waals surface area (Å²) in [4.78, 5) is 24.1. The van der Waals surface area contributed by atoms with Crippen LogP contribution in [0.2, 0.25) is 0 Å². The first-order valence-corrected chi connectivity index (χ1v) is 7.95. The fourth-order valence-electron chi connectivity index (χ4n) is 2.64. The van der Waals surface area contributed by atoms with E-state index in [2.05, 4.69) is 20.3 Å². The van der Waals surface area contributed by atoms with Crippen molar-refractivity contribution in [2.45, 2.75) is 52.1 Å². The minimum atomic E-state index is -0.540. The van der Waals surface area contributed by atoms with Crippen LogP contribution < -0.4 is 5.32 Å². The minimum Gasteiger partial charge on any atom is -0.444 e. The summed E-state index contributed by atoms with van der Waals surface area (Å²) < 4.78 is 5.24. The first kappa shape index (κ1) is 15.5. The summed E-state index contributed by atoms with van der Waals surface area (Å²) >= 11 is 0. The van der Waals surface area contributed by atoms with Gasteiger partial charge in [-0.05, 0) is 58.6 Å². The Kier molecular flexibility index (Phi) is 4.07. The highest BCUT2D eigenvalue weighted by molar-refractivity contribution is 5.84. The van der Waals surface area contributed by atoms with Crippen LogP contribution in [0.25, 0.3) is 11.4 Å². The molecule has 0 saturated heterocycles. The van der Waals surface area contributed by atoms with Gasteiger partial charge in [0.15, 0.2) is 0 Å². The van der Waals surface area contributed by atoms with Crippen molar-refractivity contribution in [2.24, 2.45) is 0 Å². The predicted molar refractivity (Wildman–Crippen MR) is 88.3 cm³/mol. The van der Waals surface area contributed by atoms with Gasteiger partial charge in [0, 0.05) is 17.5 Å². The van der Waals surface area contributed by atoms with Gasteiger partial charge in [0.1, 0.15) is 17.2 Å². The lowest BCUT2D eigenvalue weighted by molar-refractivity contribution is 0.0635. The van der Waals surface area contributed by atoms with E-state index in [4.69, 9.17) is 4.74 Å². The Morgan fingerprint density at radius 2 is 2.09 bits per heavy atom. The molecule has 2 aromatic rings. The van der Waals surface area contributed by atoms with E-state index in [1.165, 1.54) is 18.5 Å². The van der Waals surface area contributed by atoms with E-state index in [0.29, 0.717) is 5.82 Å². The lowest BCUT2D eigenvalue weighted by Crippen LogP contribution is -2.27. The van der Waals surface area contributed by atoms with Crippen molar-refractivity contribution in [3.05, 3.63) is 29.7 Å². The summed E-state index contributed by atoms with van der Waals surface area (Å²) in [6, 6.07) is 3.68. The monoisotopic (exact) mass is 314 g/mol. The number of imidazole rings is 1. The van der Waals surface area contributed by atoms with Crippen molar-refractivity contribution < 1.29 is 9.53 Å². The average molecular weight is 314 g/mol. The number of amides is 1. The molecule has 6 heteroatoms. The molecule has 0 aromatic carbocycles. The SMILES string of the molecule is CC(C)(C)OC(=O)Nc1cc(-c2nc3c([nH]2)CCCC3)ccn1. The molecule has 0 atom stereocenters. The molecular weight excluding hydrogens is 292 g/mol. The maximum Gasteiger partial charge on any atom is 0.413 e. The lowest BCUT2D eigenvalue weighted by Gasteiger charge is -2.19. The number of aryl methyl sites for hydroxylation is 2. The average Bonchev–Trinajstić information content (AvgIpc) is 2.89. The number of carbonyl (C=O) groups excluding carboxylic acids is 1. The van der Waals surface area contributed by atoms with E-state index in [9.17, 15) is 4.79 Å². The number of anilines is 1. The molecule has 1 aliphatic rings. The maximum atomic E-state index is 11.8. The van der Waals surface area contributed by atoms with Gasteiger partial charge >= 0.3 is 6.09 Å². The summed E-state index contributed by atoms with van der Waals surface area (Å²) in [7, 11) is 0. The number of nitrogens with zero attached hydrogens (tertiary/aromatic N) is 2. The number of pyridine rings is 1. The van der Waals surface area contributed by atoms with Crippen LogP contribution in [-0.4, -0.2) is 26.6 Å². The zero-order chi connectivity index (χ0) is 16.4. The summed E-state index contributed by atoms with van der Waals surface area (Å²) in [6.45, 7) is 5.47. The minimum absolute atomic E-state index is 0.450. The molecular formula is C17H22N4O2. The first-order valence-electron chi connectivity index (χ1n) is 7.95. The third-order valence-corrected chi connectivity index (χ3v) is 3.62. The molecule has 23 heavy (non-hydrogen) atoms. The first-order chi connectivity index (χ1) is 10.9. The van der Waals surface area contributed by atoms with Crippen LogP contribution in [0, 0.1) is 0 Å². The van der Waals surface area contributed by atoms with Crippen molar-refractivity contribution in [1.29, 1.82) is 0 Å². The van der Waals surface area contributed by atoms with E-state index in [0.717, 1.165) is 29.9 Å². The number of nitrogens with one attached hydrogen (secondary N) is 2. The fraction of sp³-hybridized carbons (Fsp3) is 0.471. The Bertz CT molecular complexity index is 692. The molecule has 2 N–H and O–H groups in total. The van der Waals surface area contributed by atoms with E-state index < -0.39 is 11.7 Å². The molecule has 0 saturated carbocycles. The molecule has 0 radical (unpaired) electrons. The van der Waals surface area contributed by atoms with E-state index >= 15 is 0 Å². The molecule has 0 fully saturated rings. The Morgan fingerprint density at radius 3 is 2.83 bits per heavy atom. The van der Waals surface area contributed by atoms with Crippen molar-refractivity contribution in [1.82, 2.24) is 15.0 Å². The van der Waals surface area contributed by atoms with Gasteiger partial charge in [-0.1, -0.05) is 0 Å².